The summed E-state index contributed by atoms with van der Waals surface area (Å²) in [6, 6.07) is 7.43. The topological polar surface area (TPSA) is 103 Å². The zero-order chi connectivity index (χ0) is 19.0. The normalized spacial score (nSPS) is 26.7. The van der Waals surface area contributed by atoms with Gasteiger partial charge in [-0.2, -0.15) is 0 Å². The van der Waals surface area contributed by atoms with Crippen LogP contribution in [0.15, 0.2) is 36.5 Å². The first kappa shape index (κ1) is 18.6. The lowest BCUT2D eigenvalue weighted by molar-refractivity contribution is -0.0231. The summed E-state index contributed by atoms with van der Waals surface area (Å²) in [4.78, 5) is 5.78. The third kappa shape index (κ3) is 3.38. The molecule has 1 saturated carbocycles. The van der Waals surface area contributed by atoms with Gasteiger partial charge in [-0.1, -0.05) is 12.1 Å². The summed E-state index contributed by atoms with van der Waals surface area (Å²) in [5.41, 5.74) is 7.43. The molecular formula is C19H24FN3O3. The summed E-state index contributed by atoms with van der Waals surface area (Å²) in [5, 5.41) is 31.7. The largest absolute Gasteiger partial charge is 0.390 e. The predicted molar refractivity (Wildman–Crippen MR) is 97.1 cm³/mol. The van der Waals surface area contributed by atoms with Gasteiger partial charge in [0.15, 0.2) is 0 Å². The molecule has 1 aliphatic rings. The summed E-state index contributed by atoms with van der Waals surface area (Å²) in [7, 11) is 1.80. The van der Waals surface area contributed by atoms with Crippen LogP contribution in [-0.2, 0) is 0 Å². The summed E-state index contributed by atoms with van der Waals surface area (Å²) in [6.07, 6.45) is -1.18. The SMILES string of the molecule is Cc1cc([C@@H](O)[C@H]2C[C@@H](N(C)c3ccnc(N)c3)[C@H](O)[C@@H]2O)ccc1F. The van der Waals surface area contributed by atoms with Crippen LogP contribution in [0.1, 0.15) is 23.7 Å². The lowest BCUT2D eigenvalue weighted by atomic mass is 9.91. The van der Waals surface area contributed by atoms with Gasteiger partial charge in [0.25, 0.3) is 0 Å². The first-order valence-electron chi connectivity index (χ1n) is 8.54. The number of nitrogens with two attached hydrogens (primary N) is 1. The van der Waals surface area contributed by atoms with Crippen molar-refractivity contribution in [2.75, 3.05) is 17.7 Å². The van der Waals surface area contributed by atoms with E-state index in [9.17, 15) is 19.7 Å². The lowest BCUT2D eigenvalue weighted by Crippen LogP contribution is -2.41. The highest BCUT2D eigenvalue weighted by atomic mass is 19.1. The fourth-order valence-electron chi connectivity index (χ4n) is 3.69. The van der Waals surface area contributed by atoms with Crippen LogP contribution in [0.3, 0.4) is 0 Å². The minimum atomic E-state index is -1.10. The second-order valence-corrected chi connectivity index (χ2v) is 6.95. The van der Waals surface area contributed by atoms with Gasteiger partial charge in [0.1, 0.15) is 17.7 Å². The molecule has 0 unspecified atom stereocenters. The van der Waals surface area contributed by atoms with Crippen molar-refractivity contribution in [1.82, 2.24) is 4.98 Å². The highest BCUT2D eigenvalue weighted by molar-refractivity contribution is 5.52. The molecule has 3 rings (SSSR count). The Kier molecular flexibility index (Phi) is 5.13. The second-order valence-electron chi connectivity index (χ2n) is 6.95. The van der Waals surface area contributed by atoms with E-state index >= 15 is 0 Å². The first-order chi connectivity index (χ1) is 12.3. The number of halogens is 1. The van der Waals surface area contributed by atoms with E-state index in [-0.39, 0.29) is 5.82 Å². The molecule has 5 atom stereocenters. The maximum atomic E-state index is 13.5. The van der Waals surface area contributed by atoms with E-state index in [2.05, 4.69) is 4.98 Å². The van der Waals surface area contributed by atoms with Crippen molar-refractivity contribution in [2.24, 2.45) is 5.92 Å². The molecule has 2 aromatic rings. The number of benzene rings is 1. The standard InChI is InChI=1S/C19H24FN3O3/c1-10-7-11(3-4-14(10)20)17(24)13-9-15(19(26)18(13)25)23(2)12-5-6-22-16(21)8-12/h3-8,13,15,17-19,24-26H,9H2,1-2H3,(H2,21,22)/t13-,15-,17-,18-,19+/m1/s1. The van der Waals surface area contributed by atoms with E-state index in [4.69, 9.17) is 5.73 Å². The molecule has 1 aliphatic carbocycles. The maximum Gasteiger partial charge on any atom is 0.126 e. The molecule has 1 aromatic carbocycles. The fraction of sp³-hybridized carbons (Fsp3) is 0.421. The Morgan fingerprint density at radius 2 is 1.96 bits per heavy atom. The van der Waals surface area contributed by atoms with Gasteiger partial charge in [0, 0.05) is 30.9 Å². The van der Waals surface area contributed by atoms with Gasteiger partial charge < -0.3 is 26.0 Å². The molecule has 0 amide bonds. The lowest BCUT2D eigenvalue weighted by Gasteiger charge is -2.29. The van der Waals surface area contributed by atoms with Gasteiger partial charge in [-0.05, 0) is 36.6 Å². The third-order valence-electron chi connectivity index (χ3n) is 5.29. The van der Waals surface area contributed by atoms with Crippen molar-refractivity contribution < 1.29 is 19.7 Å². The molecule has 26 heavy (non-hydrogen) atoms. The number of hydrogen-bond acceptors (Lipinski definition) is 6. The molecule has 1 aromatic heterocycles. The zero-order valence-electron chi connectivity index (χ0n) is 14.7. The molecule has 140 valence electrons. The van der Waals surface area contributed by atoms with E-state index in [0.29, 0.717) is 23.4 Å². The summed E-state index contributed by atoms with van der Waals surface area (Å²) in [5.74, 6) is -0.553. The number of nitrogen functional groups attached to an aromatic ring is 1. The predicted octanol–water partition coefficient (Wildman–Crippen LogP) is 1.39. The van der Waals surface area contributed by atoms with Gasteiger partial charge >= 0.3 is 0 Å². The highest BCUT2D eigenvalue weighted by Crippen LogP contribution is 2.39. The molecule has 0 saturated heterocycles. The van der Waals surface area contributed by atoms with Crippen molar-refractivity contribution in [1.29, 1.82) is 0 Å². The minimum Gasteiger partial charge on any atom is -0.390 e. The molecule has 1 fully saturated rings. The molecule has 6 nitrogen and oxygen atoms in total. The summed E-state index contributed by atoms with van der Waals surface area (Å²) < 4.78 is 13.5. The Labute approximate surface area is 151 Å². The molecule has 0 spiro atoms. The smallest absolute Gasteiger partial charge is 0.126 e. The van der Waals surface area contributed by atoms with Crippen molar-refractivity contribution in [3.8, 4) is 0 Å². The summed E-state index contributed by atoms with van der Waals surface area (Å²) >= 11 is 0. The quantitative estimate of drug-likeness (QED) is 0.656. The Morgan fingerprint density at radius 3 is 2.62 bits per heavy atom. The molecule has 7 heteroatoms. The number of aliphatic hydroxyl groups is 3. The van der Waals surface area contributed by atoms with Gasteiger partial charge in [-0.3, -0.25) is 0 Å². The molecule has 1 heterocycles. The van der Waals surface area contributed by atoms with Crippen LogP contribution in [0.4, 0.5) is 15.9 Å². The summed E-state index contributed by atoms with van der Waals surface area (Å²) in [6.45, 7) is 1.62. The number of hydrogen-bond donors (Lipinski definition) is 4. The van der Waals surface area contributed by atoms with Crippen LogP contribution in [-0.4, -0.2) is 45.6 Å². The van der Waals surface area contributed by atoms with E-state index < -0.39 is 30.3 Å². The number of anilines is 2. The Hall–Kier alpha value is -2.22. The van der Waals surface area contributed by atoms with E-state index in [1.165, 1.54) is 12.1 Å². The van der Waals surface area contributed by atoms with Crippen LogP contribution in [0.5, 0.6) is 0 Å². The number of nitrogens with zero attached hydrogens (tertiary/aromatic N) is 2. The van der Waals surface area contributed by atoms with Crippen molar-refractivity contribution in [2.45, 2.75) is 37.7 Å². The number of aliphatic hydroxyl groups excluding tert-OH is 3. The highest BCUT2D eigenvalue weighted by Gasteiger charge is 2.46. The Morgan fingerprint density at radius 1 is 1.23 bits per heavy atom. The van der Waals surface area contributed by atoms with Crippen LogP contribution in [0, 0.1) is 18.7 Å². The Balaban J connectivity index is 1.81. The number of aryl methyl sites for hydroxylation is 1. The molecule has 0 aliphatic heterocycles. The molecule has 0 bridgehead atoms. The van der Waals surface area contributed by atoms with Gasteiger partial charge in [-0.15, -0.1) is 0 Å². The van der Waals surface area contributed by atoms with Crippen LogP contribution in [0.25, 0.3) is 0 Å². The average Bonchev–Trinajstić information content (AvgIpc) is 2.91. The van der Waals surface area contributed by atoms with Gasteiger partial charge in [-0.25, -0.2) is 9.37 Å². The third-order valence-corrected chi connectivity index (χ3v) is 5.29. The van der Waals surface area contributed by atoms with E-state index in [1.807, 2.05) is 4.90 Å². The zero-order valence-corrected chi connectivity index (χ0v) is 14.7. The number of aromatic nitrogens is 1. The van der Waals surface area contributed by atoms with Crippen molar-refractivity contribution >= 4 is 11.5 Å². The number of pyridine rings is 1. The molecule has 0 radical (unpaired) electrons. The van der Waals surface area contributed by atoms with Crippen LogP contribution < -0.4 is 10.6 Å². The monoisotopic (exact) mass is 361 g/mol. The fourth-order valence-corrected chi connectivity index (χ4v) is 3.69. The maximum absolute atomic E-state index is 13.5. The number of likely N-dealkylation sites (N-methyl/N-ethyl adjacent to an activating group) is 1. The first-order valence-corrected chi connectivity index (χ1v) is 8.54. The second kappa shape index (κ2) is 7.19. The average molecular weight is 361 g/mol. The van der Waals surface area contributed by atoms with Crippen molar-refractivity contribution in [3.05, 3.63) is 53.5 Å². The van der Waals surface area contributed by atoms with Crippen LogP contribution >= 0.6 is 0 Å². The number of rotatable bonds is 4. The van der Waals surface area contributed by atoms with E-state index in [0.717, 1.165) is 5.69 Å². The van der Waals surface area contributed by atoms with Gasteiger partial charge in [0.2, 0.25) is 0 Å². The van der Waals surface area contributed by atoms with E-state index in [1.54, 1.807) is 38.4 Å². The van der Waals surface area contributed by atoms with Crippen LogP contribution in [0.2, 0.25) is 0 Å². The molecule has 5 N–H and O–H groups in total. The molecular weight excluding hydrogens is 337 g/mol. The van der Waals surface area contributed by atoms with Crippen molar-refractivity contribution in [3.63, 3.8) is 0 Å². The van der Waals surface area contributed by atoms with Gasteiger partial charge in [0.05, 0.1) is 18.2 Å². The Bertz CT molecular complexity index is 788. The minimum absolute atomic E-state index is 0.346.